The minimum atomic E-state index is -0.115. The number of carbonyl (C=O) groups excluding carboxylic acids is 1. The lowest BCUT2D eigenvalue weighted by Crippen LogP contribution is -2.36. The van der Waals surface area contributed by atoms with Crippen LogP contribution in [0, 0.1) is 11.8 Å². The fourth-order valence-electron chi connectivity index (χ4n) is 4.02. The number of fused-ring (bicyclic) bond motifs is 3. The average Bonchev–Trinajstić information content (AvgIpc) is 3.16. The zero-order valence-electron chi connectivity index (χ0n) is 14.7. The maximum Gasteiger partial charge on any atom is 0.315 e. The molecule has 2 aromatic rings. The third-order valence-electron chi connectivity index (χ3n) is 5.38. The van der Waals surface area contributed by atoms with E-state index in [4.69, 9.17) is 0 Å². The summed E-state index contributed by atoms with van der Waals surface area (Å²) < 4.78 is 0. The summed E-state index contributed by atoms with van der Waals surface area (Å²) in [6.45, 7) is 1.19. The number of carbonyl (C=O) groups is 1. The van der Waals surface area contributed by atoms with Crippen LogP contribution in [0.25, 0.3) is 0 Å². The predicted molar refractivity (Wildman–Crippen MR) is 98.7 cm³/mol. The SMILES string of the molecule is CN(C)c1cccc(CNC(=O)NC[C@@H]2[C@H]3Cc4ccccc4[C@H]23)n1. The topological polar surface area (TPSA) is 57.3 Å². The van der Waals surface area contributed by atoms with E-state index in [1.165, 1.54) is 11.1 Å². The zero-order chi connectivity index (χ0) is 17.4. The van der Waals surface area contributed by atoms with Crippen LogP contribution in [0.15, 0.2) is 42.5 Å². The van der Waals surface area contributed by atoms with E-state index in [9.17, 15) is 4.79 Å². The molecule has 1 aromatic carbocycles. The van der Waals surface area contributed by atoms with E-state index >= 15 is 0 Å². The van der Waals surface area contributed by atoms with Gasteiger partial charge in [-0.15, -0.1) is 0 Å². The van der Waals surface area contributed by atoms with Crippen molar-refractivity contribution in [3.63, 3.8) is 0 Å². The van der Waals surface area contributed by atoms with Crippen molar-refractivity contribution < 1.29 is 4.79 Å². The summed E-state index contributed by atoms with van der Waals surface area (Å²) in [6, 6.07) is 14.4. The number of amides is 2. The van der Waals surface area contributed by atoms with Gasteiger partial charge in [0.05, 0.1) is 12.2 Å². The van der Waals surface area contributed by atoms with E-state index in [2.05, 4.69) is 39.9 Å². The summed E-state index contributed by atoms with van der Waals surface area (Å²) in [5.74, 6) is 2.85. The lowest BCUT2D eigenvalue weighted by molar-refractivity contribution is 0.239. The molecule has 0 aliphatic heterocycles. The molecule has 1 saturated carbocycles. The Balaban J connectivity index is 1.24. The van der Waals surface area contributed by atoms with Crippen LogP contribution in [0.5, 0.6) is 0 Å². The second kappa shape index (κ2) is 6.39. The monoisotopic (exact) mass is 336 g/mol. The molecule has 0 radical (unpaired) electrons. The molecule has 1 fully saturated rings. The number of anilines is 1. The Morgan fingerprint density at radius 2 is 2.00 bits per heavy atom. The number of nitrogens with zero attached hydrogens (tertiary/aromatic N) is 2. The van der Waals surface area contributed by atoms with Gasteiger partial charge >= 0.3 is 6.03 Å². The smallest absolute Gasteiger partial charge is 0.315 e. The van der Waals surface area contributed by atoms with E-state index in [0.717, 1.165) is 30.4 Å². The Kier molecular flexibility index (Phi) is 4.07. The van der Waals surface area contributed by atoms with Crippen LogP contribution in [0.4, 0.5) is 10.6 Å². The Hall–Kier alpha value is -2.56. The highest BCUT2D eigenvalue weighted by Gasteiger charge is 2.54. The van der Waals surface area contributed by atoms with Gasteiger partial charge < -0.3 is 15.5 Å². The van der Waals surface area contributed by atoms with Crippen molar-refractivity contribution in [1.29, 1.82) is 0 Å². The van der Waals surface area contributed by atoms with E-state index in [-0.39, 0.29) is 6.03 Å². The first kappa shape index (κ1) is 15.9. The van der Waals surface area contributed by atoms with E-state index in [1.807, 2.05) is 37.2 Å². The molecular formula is C20H24N4O. The Bertz CT molecular complexity index is 789. The van der Waals surface area contributed by atoms with Gasteiger partial charge in [0.25, 0.3) is 0 Å². The van der Waals surface area contributed by atoms with Crippen LogP contribution < -0.4 is 15.5 Å². The number of pyridine rings is 1. The molecule has 0 spiro atoms. The van der Waals surface area contributed by atoms with Gasteiger partial charge in [0.2, 0.25) is 0 Å². The van der Waals surface area contributed by atoms with Crippen molar-refractivity contribution in [2.45, 2.75) is 18.9 Å². The van der Waals surface area contributed by atoms with Gasteiger partial charge in [-0.05, 0) is 47.4 Å². The molecule has 1 heterocycles. The van der Waals surface area contributed by atoms with Crippen molar-refractivity contribution in [2.24, 2.45) is 11.8 Å². The fourth-order valence-corrected chi connectivity index (χ4v) is 4.02. The standard InChI is InChI=1S/C20H24N4O/c1-24(2)18-9-5-7-14(23-18)11-21-20(25)22-12-17-16-10-13-6-3-4-8-15(13)19(16)17/h3-9,16-17,19H,10-12H2,1-2H3,(H2,21,22,25)/t16-,17-,19+/m1/s1. The van der Waals surface area contributed by atoms with Crippen molar-refractivity contribution >= 4 is 11.8 Å². The molecule has 4 rings (SSSR count). The molecule has 130 valence electrons. The molecule has 0 unspecified atom stereocenters. The molecule has 0 bridgehead atoms. The van der Waals surface area contributed by atoms with Gasteiger partial charge in [-0.3, -0.25) is 0 Å². The van der Waals surface area contributed by atoms with Gasteiger partial charge in [0, 0.05) is 20.6 Å². The molecule has 2 amide bonds. The van der Waals surface area contributed by atoms with Crippen LogP contribution in [0.2, 0.25) is 0 Å². The third kappa shape index (κ3) is 3.18. The highest BCUT2D eigenvalue weighted by molar-refractivity contribution is 5.73. The van der Waals surface area contributed by atoms with Crippen molar-refractivity contribution in [2.75, 3.05) is 25.5 Å². The lowest BCUT2D eigenvalue weighted by Gasteiger charge is -2.13. The van der Waals surface area contributed by atoms with Crippen LogP contribution in [0.3, 0.4) is 0 Å². The molecule has 25 heavy (non-hydrogen) atoms. The van der Waals surface area contributed by atoms with Gasteiger partial charge in [-0.25, -0.2) is 9.78 Å². The van der Waals surface area contributed by atoms with Crippen LogP contribution in [-0.2, 0) is 13.0 Å². The summed E-state index contributed by atoms with van der Waals surface area (Å²) >= 11 is 0. The average molecular weight is 336 g/mol. The second-order valence-electron chi connectivity index (χ2n) is 7.20. The van der Waals surface area contributed by atoms with Gasteiger partial charge in [0.15, 0.2) is 0 Å². The highest BCUT2D eigenvalue weighted by atomic mass is 16.2. The van der Waals surface area contributed by atoms with Crippen LogP contribution in [-0.4, -0.2) is 31.7 Å². The highest BCUT2D eigenvalue weighted by Crippen LogP contribution is 2.60. The lowest BCUT2D eigenvalue weighted by atomic mass is 10.0. The van der Waals surface area contributed by atoms with Crippen molar-refractivity contribution in [3.8, 4) is 0 Å². The van der Waals surface area contributed by atoms with Gasteiger partial charge in [-0.1, -0.05) is 30.3 Å². The fraction of sp³-hybridized carbons (Fsp3) is 0.400. The third-order valence-corrected chi connectivity index (χ3v) is 5.38. The Labute approximate surface area is 148 Å². The molecule has 5 nitrogen and oxygen atoms in total. The number of benzene rings is 1. The minimum absolute atomic E-state index is 0.115. The summed E-state index contributed by atoms with van der Waals surface area (Å²) in [5.41, 5.74) is 3.84. The number of aromatic nitrogens is 1. The normalized spacial score (nSPS) is 22.7. The van der Waals surface area contributed by atoms with Gasteiger partial charge in [0.1, 0.15) is 5.82 Å². The number of hydrogen-bond donors (Lipinski definition) is 2. The largest absolute Gasteiger partial charge is 0.363 e. The Morgan fingerprint density at radius 1 is 1.16 bits per heavy atom. The van der Waals surface area contributed by atoms with E-state index in [0.29, 0.717) is 18.4 Å². The number of hydrogen-bond acceptors (Lipinski definition) is 3. The molecule has 0 saturated heterocycles. The molecule has 3 atom stereocenters. The zero-order valence-corrected chi connectivity index (χ0v) is 14.7. The summed E-state index contributed by atoms with van der Waals surface area (Å²) in [4.78, 5) is 18.5. The number of urea groups is 1. The summed E-state index contributed by atoms with van der Waals surface area (Å²) in [6.07, 6.45) is 1.16. The maximum atomic E-state index is 12.1. The molecule has 5 heteroatoms. The molecule has 2 aliphatic carbocycles. The first-order valence-corrected chi connectivity index (χ1v) is 8.86. The Morgan fingerprint density at radius 3 is 2.84 bits per heavy atom. The molecule has 2 aliphatic rings. The van der Waals surface area contributed by atoms with Crippen LogP contribution in [0.1, 0.15) is 22.7 Å². The number of nitrogens with one attached hydrogen (secondary N) is 2. The van der Waals surface area contributed by atoms with Crippen molar-refractivity contribution in [1.82, 2.24) is 15.6 Å². The number of rotatable bonds is 5. The predicted octanol–water partition coefficient (Wildman–Crippen LogP) is 2.53. The second-order valence-corrected chi connectivity index (χ2v) is 7.20. The minimum Gasteiger partial charge on any atom is -0.363 e. The van der Waals surface area contributed by atoms with Crippen LogP contribution >= 0.6 is 0 Å². The van der Waals surface area contributed by atoms with Crippen molar-refractivity contribution in [3.05, 3.63) is 59.3 Å². The van der Waals surface area contributed by atoms with E-state index in [1.54, 1.807) is 0 Å². The summed E-state index contributed by atoms with van der Waals surface area (Å²) in [5, 5.41) is 5.93. The maximum absolute atomic E-state index is 12.1. The van der Waals surface area contributed by atoms with Gasteiger partial charge in [-0.2, -0.15) is 0 Å². The molecular weight excluding hydrogens is 312 g/mol. The quantitative estimate of drug-likeness (QED) is 0.882. The molecule has 1 aromatic heterocycles. The van der Waals surface area contributed by atoms with E-state index < -0.39 is 0 Å². The molecule has 2 N–H and O–H groups in total. The first-order chi connectivity index (χ1) is 12.1. The summed E-state index contributed by atoms with van der Waals surface area (Å²) in [7, 11) is 3.91. The first-order valence-electron chi connectivity index (χ1n) is 8.86.